The highest BCUT2D eigenvalue weighted by molar-refractivity contribution is 7.89. The van der Waals surface area contributed by atoms with Crippen LogP contribution < -0.4 is 10.2 Å². The molecule has 4 rings (SSSR count). The predicted molar refractivity (Wildman–Crippen MR) is 117 cm³/mol. The average molecular weight is 481 g/mol. The first kappa shape index (κ1) is 23.5. The van der Waals surface area contributed by atoms with Gasteiger partial charge in [0, 0.05) is 39.3 Å². The zero-order valence-corrected chi connectivity index (χ0v) is 19.1. The van der Waals surface area contributed by atoms with Crippen LogP contribution in [0.4, 0.5) is 10.5 Å². The number of sulfonamides is 1. The maximum Gasteiger partial charge on any atom is 0.340 e. The summed E-state index contributed by atoms with van der Waals surface area (Å²) >= 11 is 0. The fraction of sp³-hybridized carbons (Fsp3) is 0.571. The molecule has 33 heavy (non-hydrogen) atoms. The third-order valence-corrected chi connectivity index (χ3v) is 7.87. The monoisotopic (exact) mass is 480 g/mol. The van der Waals surface area contributed by atoms with Gasteiger partial charge in [-0.1, -0.05) is 6.42 Å². The summed E-state index contributed by atoms with van der Waals surface area (Å²) in [6.07, 6.45) is 2.58. The van der Waals surface area contributed by atoms with Crippen molar-refractivity contribution in [2.45, 2.75) is 24.2 Å². The van der Waals surface area contributed by atoms with Crippen LogP contribution in [0, 0.1) is 0 Å². The van der Waals surface area contributed by atoms with E-state index >= 15 is 0 Å². The molecule has 180 valence electrons. The van der Waals surface area contributed by atoms with Gasteiger partial charge >= 0.3 is 12.0 Å². The van der Waals surface area contributed by atoms with Gasteiger partial charge < -0.3 is 19.7 Å². The second-order valence-electron chi connectivity index (χ2n) is 8.10. The minimum Gasteiger partial charge on any atom is -0.452 e. The van der Waals surface area contributed by atoms with Gasteiger partial charge in [-0.25, -0.2) is 18.0 Å². The number of morpholine rings is 1. The lowest BCUT2D eigenvalue weighted by molar-refractivity contribution is -0.130. The van der Waals surface area contributed by atoms with Crippen LogP contribution in [0.2, 0.25) is 0 Å². The summed E-state index contributed by atoms with van der Waals surface area (Å²) in [6.45, 7) is 2.85. The van der Waals surface area contributed by atoms with Crippen molar-refractivity contribution in [3.05, 3.63) is 23.8 Å². The Balaban J connectivity index is 1.58. The van der Waals surface area contributed by atoms with E-state index in [0.717, 1.165) is 24.2 Å². The number of benzene rings is 1. The summed E-state index contributed by atoms with van der Waals surface area (Å²) in [5, 5.41) is 2.51. The molecule has 12 heteroatoms. The van der Waals surface area contributed by atoms with Gasteiger partial charge in [0.2, 0.25) is 10.0 Å². The number of imide groups is 1. The number of carbonyl (C=O) groups is 3. The molecule has 11 nitrogen and oxygen atoms in total. The van der Waals surface area contributed by atoms with E-state index in [0.29, 0.717) is 51.6 Å². The normalized spacial score (nSPS) is 19.9. The van der Waals surface area contributed by atoms with E-state index in [1.165, 1.54) is 16.4 Å². The first-order chi connectivity index (χ1) is 15.9. The molecule has 1 aromatic rings. The van der Waals surface area contributed by atoms with Gasteiger partial charge in [0.1, 0.15) is 0 Å². The number of nitrogens with zero attached hydrogens (tertiary/aromatic N) is 3. The number of hydrogen-bond acceptors (Lipinski definition) is 8. The molecule has 0 saturated carbocycles. The SMILES string of the molecule is O=C(OCC(=O)N1CCNC1=O)c1cc(S(=O)(=O)N2CCCCC2)ccc1N1CCOCC1. The number of rotatable bonds is 6. The molecule has 3 amide bonds. The molecule has 3 aliphatic rings. The van der Waals surface area contributed by atoms with Crippen molar-refractivity contribution >= 4 is 33.6 Å². The second-order valence-corrected chi connectivity index (χ2v) is 10.0. The zero-order valence-electron chi connectivity index (χ0n) is 18.3. The third kappa shape index (κ3) is 5.12. The Kier molecular flexibility index (Phi) is 7.15. The van der Waals surface area contributed by atoms with Crippen molar-refractivity contribution in [2.24, 2.45) is 0 Å². The summed E-state index contributed by atoms with van der Waals surface area (Å²) in [6, 6.07) is 3.91. The van der Waals surface area contributed by atoms with E-state index in [2.05, 4.69) is 5.32 Å². The molecule has 1 N–H and O–H groups in total. The van der Waals surface area contributed by atoms with Crippen LogP contribution in [0.15, 0.2) is 23.1 Å². The number of esters is 1. The van der Waals surface area contributed by atoms with Crippen LogP contribution in [0.3, 0.4) is 0 Å². The van der Waals surface area contributed by atoms with Gasteiger partial charge in [0.15, 0.2) is 6.61 Å². The minimum atomic E-state index is -3.76. The van der Waals surface area contributed by atoms with Crippen LogP contribution in [-0.4, -0.2) is 94.6 Å². The maximum absolute atomic E-state index is 13.2. The van der Waals surface area contributed by atoms with Crippen LogP contribution in [0.1, 0.15) is 29.6 Å². The Morgan fingerprint density at radius 2 is 1.76 bits per heavy atom. The fourth-order valence-electron chi connectivity index (χ4n) is 4.17. The van der Waals surface area contributed by atoms with Crippen LogP contribution >= 0.6 is 0 Å². The lowest BCUT2D eigenvalue weighted by Crippen LogP contribution is -2.38. The topological polar surface area (TPSA) is 126 Å². The smallest absolute Gasteiger partial charge is 0.340 e. The standard InChI is InChI=1S/C21H28N4O7S/c26-19(25-9-6-22-21(25)28)15-32-20(27)17-14-16(33(29,30)24-7-2-1-3-8-24)4-5-18(17)23-10-12-31-13-11-23/h4-5,14H,1-3,6-13,15H2,(H,22,28). The fourth-order valence-corrected chi connectivity index (χ4v) is 5.71. The van der Waals surface area contributed by atoms with Crippen molar-refractivity contribution in [3.63, 3.8) is 0 Å². The summed E-state index contributed by atoms with van der Waals surface area (Å²) in [5.41, 5.74) is 0.584. The minimum absolute atomic E-state index is 0.0126. The quantitative estimate of drug-likeness (QED) is 0.580. The highest BCUT2D eigenvalue weighted by Crippen LogP contribution is 2.28. The van der Waals surface area contributed by atoms with E-state index in [4.69, 9.17) is 9.47 Å². The van der Waals surface area contributed by atoms with E-state index in [-0.39, 0.29) is 17.0 Å². The number of nitrogens with one attached hydrogen (secondary N) is 1. The van der Waals surface area contributed by atoms with Gasteiger partial charge in [-0.05, 0) is 31.0 Å². The summed E-state index contributed by atoms with van der Waals surface area (Å²) < 4.78 is 38.4. The first-order valence-corrected chi connectivity index (χ1v) is 12.5. The number of hydrogen-bond donors (Lipinski definition) is 1. The van der Waals surface area contributed by atoms with Crippen molar-refractivity contribution in [1.82, 2.24) is 14.5 Å². The molecule has 0 bridgehead atoms. The van der Waals surface area contributed by atoms with Gasteiger partial charge in [0.25, 0.3) is 5.91 Å². The van der Waals surface area contributed by atoms with Crippen LogP contribution in [0.5, 0.6) is 0 Å². The molecule has 3 fully saturated rings. The molecule has 0 unspecified atom stereocenters. The summed E-state index contributed by atoms with van der Waals surface area (Å²) in [5.74, 6) is -1.46. The predicted octanol–water partition coefficient (Wildman–Crippen LogP) is 0.406. The molecule has 3 aliphatic heterocycles. The average Bonchev–Trinajstić information content (AvgIpc) is 3.29. The number of piperidine rings is 1. The number of anilines is 1. The zero-order chi connectivity index (χ0) is 23.4. The third-order valence-electron chi connectivity index (χ3n) is 5.98. The highest BCUT2D eigenvalue weighted by Gasteiger charge is 2.30. The molecule has 0 radical (unpaired) electrons. The molecule has 0 aromatic heterocycles. The Morgan fingerprint density at radius 1 is 1.03 bits per heavy atom. The van der Waals surface area contributed by atoms with Gasteiger partial charge in [-0.15, -0.1) is 0 Å². The highest BCUT2D eigenvalue weighted by atomic mass is 32.2. The summed E-state index contributed by atoms with van der Waals surface area (Å²) in [7, 11) is -3.76. The van der Waals surface area contributed by atoms with Gasteiger partial charge in [-0.3, -0.25) is 9.69 Å². The molecule has 3 saturated heterocycles. The van der Waals surface area contributed by atoms with Gasteiger partial charge in [0.05, 0.1) is 29.4 Å². The molecular formula is C21H28N4O7S. The van der Waals surface area contributed by atoms with E-state index in [1.807, 2.05) is 4.90 Å². The number of urea groups is 1. The van der Waals surface area contributed by atoms with Crippen molar-refractivity contribution < 1.29 is 32.3 Å². The Labute approximate surface area is 192 Å². The number of amides is 3. The molecule has 3 heterocycles. The lowest BCUT2D eigenvalue weighted by Gasteiger charge is -2.31. The number of ether oxygens (including phenoxy) is 2. The van der Waals surface area contributed by atoms with E-state index in [9.17, 15) is 22.8 Å². The summed E-state index contributed by atoms with van der Waals surface area (Å²) in [4.78, 5) is 39.8. The molecule has 0 aliphatic carbocycles. The maximum atomic E-state index is 13.2. The molecule has 0 atom stereocenters. The second kappa shape index (κ2) is 10.1. The molecule has 1 aromatic carbocycles. The van der Waals surface area contributed by atoms with E-state index in [1.54, 1.807) is 6.07 Å². The molecule has 0 spiro atoms. The first-order valence-electron chi connectivity index (χ1n) is 11.1. The van der Waals surface area contributed by atoms with Crippen molar-refractivity contribution in [2.75, 3.05) is 64.0 Å². The Hall–Kier alpha value is -2.70. The van der Waals surface area contributed by atoms with Crippen molar-refractivity contribution in [3.8, 4) is 0 Å². The Bertz CT molecular complexity index is 1020. The van der Waals surface area contributed by atoms with E-state index < -0.39 is 34.5 Å². The van der Waals surface area contributed by atoms with Crippen molar-refractivity contribution in [1.29, 1.82) is 0 Å². The largest absolute Gasteiger partial charge is 0.452 e. The van der Waals surface area contributed by atoms with Crippen LogP contribution in [0.25, 0.3) is 0 Å². The molecular weight excluding hydrogens is 452 g/mol. The number of carbonyl (C=O) groups excluding carboxylic acids is 3. The van der Waals surface area contributed by atoms with Crippen LogP contribution in [-0.2, 0) is 24.3 Å². The lowest BCUT2D eigenvalue weighted by atomic mass is 10.1. The van der Waals surface area contributed by atoms with Gasteiger partial charge in [-0.2, -0.15) is 4.31 Å². The Morgan fingerprint density at radius 3 is 2.42 bits per heavy atom.